The molecule has 0 fully saturated rings. The maximum Gasteiger partial charge on any atom is 0.326 e. The first-order valence-corrected chi connectivity index (χ1v) is 14.0. The number of aliphatic carboxylic acids is 1. The molecule has 0 aliphatic carbocycles. The van der Waals surface area contributed by atoms with Crippen LogP contribution in [0.4, 0.5) is 4.79 Å². The van der Waals surface area contributed by atoms with Crippen molar-refractivity contribution in [2.75, 3.05) is 79.0 Å². The number of carbonyl (C=O) groups excluding carboxylic acids is 6. The van der Waals surface area contributed by atoms with Crippen molar-refractivity contribution >= 4 is 41.5 Å². The van der Waals surface area contributed by atoms with E-state index in [9.17, 15) is 38.7 Å². The van der Waals surface area contributed by atoms with Crippen molar-refractivity contribution in [1.29, 1.82) is 0 Å². The van der Waals surface area contributed by atoms with Crippen molar-refractivity contribution in [1.82, 2.24) is 26.2 Å². The lowest BCUT2D eigenvalue weighted by molar-refractivity contribution is -0.142. The highest BCUT2D eigenvalue weighted by Gasteiger charge is 2.23. The van der Waals surface area contributed by atoms with Gasteiger partial charge >= 0.3 is 12.0 Å². The van der Waals surface area contributed by atoms with E-state index >= 15 is 0 Å². The van der Waals surface area contributed by atoms with Gasteiger partial charge < -0.3 is 51.1 Å². The summed E-state index contributed by atoms with van der Waals surface area (Å²) >= 11 is 0. The van der Waals surface area contributed by atoms with Crippen LogP contribution in [0.15, 0.2) is 12.2 Å². The Kier molecular flexibility index (Phi) is 20.1. The number of carbonyl (C=O) groups is 7. The number of rotatable bonds is 26. The summed E-state index contributed by atoms with van der Waals surface area (Å²) in [7, 11) is 0. The van der Waals surface area contributed by atoms with E-state index in [2.05, 4.69) is 21.3 Å². The van der Waals surface area contributed by atoms with Crippen LogP contribution in [0, 0.1) is 0 Å². The zero-order valence-electron chi connectivity index (χ0n) is 24.5. The highest BCUT2D eigenvalue weighted by molar-refractivity contribution is 6.13. The van der Waals surface area contributed by atoms with Gasteiger partial charge in [-0.1, -0.05) is 0 Å². The molecule has 0 radical (unpaired) electrons. The molecule has 18 heteroatoms. The molecule has 1 rings (SSSR count). The molecule has 0 spiro atoms. The molecule has 1 aliphatic rings. The Labute approximate surface area is 254 Å². The van der Waals surface area contributed by atoms with E-state index in [-0.39, 0.29) is 77.7 Å². The highest BCUT2D eigenvalue weighted by Crippen LogP contribution is 2.04. The zero-order valence-corrected chi connectivity index (χ0v) is 24.5. The summed E-state index contributed by atoms with van der Waals surface area (Å²) in [5.41, 5.74) is 4.92. The van der Waals surface area contributed by atoms with Gasteiger partial charge in [0.2, 0.25) is 17.7 Å². The molecule has 1 aliphatic heterocycles. The number of imide groups is 1. The largest absolute Gasteiger partial charge is 0.480 e. The Hall–Kier alpha value is -4.13. The maximum absolute atomic E-state index is 11.9. The molecule has 1 atom stereocenters. The number of urea groups is 1. The summed E-state index contributed by atoms with van der Waals surface area (Å²) in [5, 5.41) is 18.8. The minimum Gasteiger partial charge on any atom is -0.480 e. The summed E-state index contributed by atoms with van der Waals surface area (Å²) < 4.78 is 21.4. The monoisotopic (exact) mass is 630 g/mol. The van der Waals surface area contributed by atoms with E-state index in [1.807, 2.05) is 0 Å². The van der Waals surface area contributed by atoms with Gasteiger partial charge in [-0.15, -0.1) is 0 Å². The molecule has 0 saturated carbocycles. The second kappa shape index (κ2) is 23.3. The average Bonchev–Trinajstić information content (AvgIpc) is 3.30. The third-order valence-electron chi connectivity index (χ3n) is 5.67. The van der Waals surface area contributed by atoms with Gasteiger partial charge in [0.15, 0.2) is 0 Å². The van der Waals surface area contributed by atoms with E-state index < -0.39 is 48.2 Å². The van der Waals surface area contributed by atoms with Gasteiger partial charge in [-0.05, 0) is 12.8 Å². The second-order valence-electron chi connectivity index (χ2n) is 9.13. The molecule has 0 saturated heterocycles. The van der Waals surface area contributed by atoms with Crippen LogP contribution in [-0.4, -0.2) is 137 Å². The van der Waals surface area contributed by atoms with Crippen LogP contribution in [-0.2, 0) is 47.7 Å². The van der Waals surface area contributed by atoms with E-state index in [1.54, 1.807) is 0 Å². The van der Waals surface area contributed by atoms with Gasteiger partial charge in [0.25, 0.3) is 11.8 Å². The molecular formula is C26H42N6O12. The quantitative estimate of drug-likeness (QED) is 0.0413. The third-order valence-corrected chi connectivity index (χ3v) is 5.67. The van der Waals surface area contributed by atoms with Gasteiger partial charge in [0.1, 0.15) is 6.04 Å². The fraction of sp³-hybridized carbons (Fsp3) is 0.654. The van der Waals surface area contributed by atoms with E-state index in [0.29, 0.717) is 26.4 Å². The molecule has 7 amide bonds. The lowest BCUT2D eigenvalue weighted by Crippen LogP contribution is -2.46. The van der Waals surface area contributed by atoms with Gasteiger partial charge in [-0.25, -0.2) is 9.59 Å². The normalized spacial score (nSPS) is 13.0. The smallest absolute Gasteiger partial charge is 0.326 e. The number of nitrogens with zero attached hydrogens (tertiary/aromatic N) is 1. The number of ether oxygens (including phenoxy) is 4. The Morgan fingerprint density at radius 1 is 0.727 bits per heavy atom. The molecule has 0 aromatic rings. The Bertz CT molecular complexity index is 975. The van der Waals surface area contributed by atoms with Crippen molar-refractivity contribution in [3.8, 4) is 0 Å². The Morgan fingerprint density at radius 3 is 1.84 bits per heavy atom. The number of carboxylic acid groups (broad SMARTS) is 1. The highest BCUT2D eigenvalue weighted by atomic mass is 16.6. The van der Waals surface area contributed by atoms with Crippen LogP contribution in [0.5, 0.6) is 0 Å². The van der Waals surface area contributed by atoms with Crippen molar-refractivity contribution in [2.24, 2.45) is 5.73 Å². The predicted molar refractivity (Wildman–Crippen MR) is 151 cm³/mol. The first-order valence-electron chi connectivity index (χ1n) is 14.0. The number of hydrogen-bond acceptors (Lipinski definition) is 11. The lowest BCUT2D eigenvalue weighted by Gasteiger charge is -2.15. The topological polar surface area (TPSA) is 254 Å². The van der Waals surface area contributed by atoms with Gasteiger partial charge in [0.05, 0.1) is 59.4 Å². The van der Waals surface area contributed by atoms with E-state index in [0.717, 1.165) is 4.90 Å². The average molecular weight is 631 g/mol. The zero-order chi connectivity index (χ0) is 32.6. The van der Waals surface area contributed by atoms with Gasteiger partial charge in [-0.3, -0.25) is 28.9 Å². The summed E-state index contributed by atoms with van der Waals surface area (Å²) in [6.45, 7) is 2.31. The molecule has 18 nitrogen and oxygen atoms in total. The number of carboxylic acids is 1. The Balaban J connectivity index is 1.88. The molecule has 0 aromatic carbocycles. The first-order chi connectivity index (χ1) is 21.1. The lowest BCUT2D eigenvalue weighted by atomic mass is 10.1. The number of hydrogen-bond donors (Lipinski definition) is 6. The van der Waals surface area contributed by atoms with Gasteiger partial charge in [-0.2, -0.15) is 0 Å². The number of nitrogens with two attached hydrogens (primary N) is 1. The van der Waals surface area contributed by atoms with Crippen LogP contribution in [0.3, 0.4) is 0 Å². The van der Waals surface area contributed by atoms with Crippen LogP contribution < -0.4 is 27.0 Å². The van der Waals surface area contributed by atoms with Crippen molar-refractivity contribution in [2.45, 2.75) is 31.7 Å². The molecule has 1 unspecified atom stereocenters. The first kappa shape index (κ1) is 37.9. The second-order valence-corrected chi connectivity index (χ2v) is 9.13. The minimum atomic E-state index is -1.24. The summed E-state index contributed by atoms with van der Waals surface area (Å²) in [6.07, 6.45) is 2.72. The number of nitrogens with one attached hydrogen (secondary N) is 4. The van der Waals surface area contributed by atoms with Crippen molar-refractivity contribution in [3.05, 3.63) is 12.2 Å². The van der Waals surface area contributed by atoms with Crippen LogP contribution in [0.2, 0.25) is 0 Å². The predicted octanol–water partition coefficient (Wildman–Crippen LogP) is -2.99. The summed E-state index contributed by atoms with van der Waals surface area (Å²) in [5.74, 6) is -3.48. The van der Waals surface area contributed by atoms with Crippen molar-refractivity contribution in [3.63, 3.8) is 0 Å². The van der Waals surface area contributed by atoms with E-state index in [4.69, 9.17) is 24.7 Å². The molecule has 0 aromatic heterocycles. The fourth-order valence-electron chi connectivity index (χ4n) is 3.43. The molecule has 0 bridgehead atoms. The van der Waals surface area contributed by atoms with Crippen molar-refractivity contribution < 1.29 is 57.6 Å². The molecular weight excluding hydrogens is 588 g/mol. The standard InChI is InChI=1S/C26H42N6O12/c27-26(40)29-7-1-2-19(25(38)39)31-22(35)18-30-21(34)6-10-41-12-14-43-16-17-44-15-13-42-11-8-28-20(33)5-9-32-23(36)3-4-24(32)37/h3-4,19H,1-2,5-18H2,(H,28,33)(H,30,34)(H,31,35)(H,38,39)(H3,27,29,40). The third kappa shape index (κ3) is 19.1. The van der Waals surface area contributed by atoms with Crippen LogP contribution >= 0.6 is 0 Å². The maximum atomic E-state index is 11.9. The molecule has 248 valence electrons. The SMILES string of the molecule is NC(=O)NCCCC(NC(=O)CNC(=O)CCOCCOCCOCCOCCNC(=O)CCN1C(=O)C=CC1=O)C(=O)O. The summed E-state index contributed by atoms with van der Waals surface area (Å²) in [4.78, 5) is 81.2. The van der Waals surface area contributed by atoms with E-state index in [1.165, 1.54) is 12.2 Å². The number of amides is 7. The Morgan fingerprint density at radius 2 is 1.27 bits per heavy atom. The van der Waals surface area contributed by atoms with Crippen LogP contribution in [0.1, 0.15) is 25.7 Å². The number of primary amides is 1. The van der Waals surface area contributed by atoms with Gasteiger partial charge in [0, 0.05) is 44.6 Å². The molecule has 1 heterocycles. The van der Waals surface area contributed by atoms with Crippen LogP contribution in [0.25, 0.3) is 0 Å². The summed E-state index contributed by atoms with van der Waals surface area (Å²) in [6, 6.07) is -1.89. The minimum absolute atomic E-state index is 0.000444. The molecule has 44 heavy (non-hydrogen) atoms. The molecule has 7 N–H and O–H groups in total. The fourth-order valence-corrected chi connectivity index (χ4v) is 3.43.